The summed E-state index contributed by atoms with van der Waals surface area (Å²) < 4.78 is 32.8. The second-order valence-electron chi connectivity index (χ2n) is 6.18. The van der Waals surface area contributed by atoms with Gasteiger partial charge in [0, 0.05) is 13.1 Å². The highest BCUT2D eigenvalue weighted by atomic mass is 35.5. The SMILES string of the molecule is CCOC(=O)COc1ccccc1Oc1cc(-n2nc(C)n(C)c2=O)c(F)cc1Cl. The summed E-state index contributed by atoms with van der Waals surface area (Å²) in [5.41, 5.74) is -0.633. The normalized spacial score (nSPS) is 10.7. The number of rotatable bonds is 7. The van der Waals surface area contributed by atoms with Crippen LogP contribution in [0.1, 0.15) is 12.7 Å². The molecule has 0 fully saturated rings. The first kappa shape index (κ1) is 21.4. The predicted octanol–water partition coefficient (Wildman–Crippen LogP) is 3.41. The van der Waals surface area contributed by atoms with Gasteiger partial charge in [-0.3, -0.25) is 4.57 Å². The van der Waals surface area contributed by atoms with Crippen molar-refractivity contribution in [2.75, 3.05) is 13.2 Å². The zero-order valence-electron chi connectivity index (χ0n) is 16.5. The Hall–Kier alpha value is -3.33. The van der Waals surface area contributed by atoms with Crippen LogP contribution in [-0.2, 0) is 16.6 Å². The smallest absolute Gasteiger partial charge is 0.350 e. The van der Waals surface area contributed by atoms with E-state index in [4.69, 9.17) is 25.8 Å². The summed E-state index contributed by atoms with van der Waals surface area (Å²) in [6.07, 6.45) is 0. The van der Waals surface area contributed by atoms with Gasteiger partial charge in [-0.15, -0.1) is 0 Å². The molecule has 10 heteroatoms. The summed E-state index contributed by atoms with van der Waals surface area (Å²) >= 11 is 6.14. The molecule has 0 saturated carbocycles. The van der Waals surface area contributed by atoms with Crippen molar-refractivity contribution in [1.82, 2.24) is 14.3 Å². The standard InChI is InChI=1S/C20H19ClFN3O5/c1-4-28-19(26)11-29-16-7-5-6-8-17(16)30-18-10-15(14(22)9-13(18)21)25-20(27)24(3)12(2)23-25/h5-10H,4,11H2,1-3H3. The molecule has 0 spiro atoms. The number of carbonyl (C=O) groups is 1. The highest BCUT2D eigenvalue weighted by molar-refractivity contribution is 6.32. The number of aromatic nitrogens is 3. The minimum absolute atomic E-state index is 0.0165. The molecule has 1 heterocycles. The van der Waals surface area contributed by atoms with Crippen molar-refractivity contribution in [3.63, 3.8) is 0 Å². The molecule has 8 nitrogen and oxygen atoms in total. The first-order chi connectivity index (χ1) is 14.3. The predicted molar refractivity (Wildman–Crippen MR) is 107 cm³/mol. The van der Waals surface area contributed by atoms with Gasteiger partial charge in [0.2, 0.25) is 0 Å². The lowest BCUT2D eigenvalue weighted by molar-refractivity contribution is -0.145. The minimum atomic E-state index is -0.737. The average Bonchev–Trinajstić information content (AvgIpc) is 2.96. The molecular weight excluding hydrogens is 417 g/mol. The number of nitrogens with zero attached hydrogens (tertiary/aromatic N) is 3. The molecular formula is C20H19ClFN3O5. The number of carbonyl (C=O) groups excluding carboxylic acids is 1. The number of para-hydroxylation sites is 2. The van der Waals surface area contributed by atoms with Crippen molar-refractivity contribution in [3.8, 4) is 22.9 Å². The van der Waals surface area contributed by atoms with Crippen LogP contribution in [0.5, 0.6) is 17.2 Å². The lowest BCUT2D eigenvalue weighted by atomic mass is 10.2. The van der Waals surface area contributed by atoms with Gasteiger partial charge >= 0.3 is 11.7 Å². The highest BCUT2D eigenvalue weighted by Crippen LogP contribution is 2.36. The van der Waals surface area contributed by atoms with Gasteiger partial charge in [-0.1, -0.05) is 23.7 Å². The molecule has 0 N–H and O–H groups in total. The molecule has 3 aromatic rings. The fourth-order valence-corrected chi connectivity index (χ4v) is 2.75. The van der Waals surface area contributed by atoms with E-state index in [1.807, 2.05) is 0 Å². The second-order valence-corrected chi connectivity index (χ2v) is 6.58. The summed E-state index contributed by atoms with van der Waals surface area (Å²) in [6, 6.07) is 8.88. The number of benzene rings is 2. The van der Waals surface area contributed by atoms with Gasteiger partial charge in [0.15, 0.2) is 23.9 Å². The van der Waals surface area contributed by atoms with Crippen LogP contribution in [0.15, 0.2) is 41.2 Å². The van der Waals surface area contributed by atoms with Gasteiger partial charge in [0.25, 0.3) is 0 Å². The zero-order chi connectivity index (χ0) is 21.8. The second kappa shape index (κ2) is 9.00. The summed E-state index contributed by atoms with van der Waals surface area (Å²) in [7, 11) is 1.53. The fourth-order valence-electron chi connectivity index (χ4n) is 2.56. The van der Waals surface area contributed by atoms with E-state index in [1.54, 1.807) is 38.1 Å². The van der Waals surface area contributed by atoms with E-state index < -0.39 is 17.5 Å². The Bertz CT molecular complexity index is 1140. The largest absolute Gasteiger partial charge is 0.478 e. The third kappa shape index (κ3) is 4.46. The van der Waals surface area contributed by atoms with Crippen molar-refractivity contribution >= 4 is 17.6 Å². The number of ether oxygens (including phenoxy) is 3. The number of hydrogen-bond donors (Lipinski definition) is 0. The molecule has 0 bridgehead atoms. The summed E-state index contributed by atoms with van der Waals surface area (Å²) in [5, 5.41) is 4.04. The van der Waals surface area contributed by atoms with Crippen molar-refractivity contribution in [2.24, 2.45) is 7.05 Å². The van der Waals surface area contributed by atoms with Crippen LogP contribution in [0.3, 0.4) is 0 Å². The monoisotopic (exact) mass is 435 g/mol. The van der Waals surface area contributed by atoms with Crippen LogP contribution in [0.4, 0.5) is 4.39 Å². The Balaban J connectivity index is 1.94. The van der Waals surface area contributed by atoms with E-state index in [0.29, 0.717) is 5.82 Å². The van der Waals surface area contributed by atoms with Crippen LogP contribution in [0, 0.1) is 12.7 Å². The molecule has 30 heavy (non-hydrogen) atoms. The van der Waals surface area contributed by atoms with E-state index in [9.17, 15) is 14.0 Å². The highest BCUT2D eigenvalue weighted by Gasteiger charge is 2.18. The van der Waals surface area contributed by atoms with Crippen molar-refractivity contribution in [2.45, 2.75) is 13.8 Å². The summed E-state index contributed by atoms with van der Waals surface area (Å²) in [5.74, 6) is -0.271. The molecule has 0 radical (unpaired) electrons. The maximum absolute atomic E-state index is 14.5. The molecule has 158 valence electrons. The lowest BCUT2D eigenvalue weighted by Crippen LogP contribution is -2.22. The van der Waals surface area contributed by atoms with Gasteiger partial charge in [-0.05, 0) is 32.0 Å². The molecule has 1 aromatic heterocycles. The van der Waals surface area contributed by atoms with Gasteiger partial charge in [-0.2, -0.15) is 9.78 Å². The third-order valence-electron chi connectivity index (χ3n) is 4.15. The average molecular weight is 436 g/mol. The number of esters is 1. The van der Waals surface area contributed by atoms with Crippen LogP contribution in [0.25, 0.3) is 5.69 Å². The van der Waals surface area contributed by atoms with Gasteiger partial charge in [0.05, 0.1) is 11.6 Å². The van der Waals surface area contributed by atoms with Crippen LogP contribution < -0.4 is 15.2 Å². The fraction of sp³-hybridized carbons (Fsp3) is 0.250. The van der Waals surface area contributed by atoms with E-state index in [-0.39, 0.29) is 41.2 Å². The lowest BCUT2D eigenvalue weighted by Gasteiger charge is -2.14. The van der Waals surface area contributed by atoms with E-state index in [1.165, 1.54) is 17.7 Å². The maximum atomic E-state index is 14.5. The molecule has 0 amide bonds. The van der Waals surface area contributed by atoms with Crippen LogP contribution >= 0.6 is 11.6 Å². The number of halogens is 2. The third-order valence-corrected chi connectivity index (χ3v) is 4.44. The topological polar surface area (TPSA) is 84.6 Å². The van der Waals surface area contributed by atoms with E-state index >= 15 is 0 Å². The molecule has 3 rings (SSSR count). The minimum Gasteiger partial charge on any atom is -0.478 e. The van der Waals surface area contributed by atoms with Crippen LogP contribution in [-0.4, -0.2) is 33.5 Å². The molecule has 0 aliphatic heterocycles. The summed E-state index contributed by atoms with van der Waals surface area (Å²) in [6.45, 7) is 3.25. The van der Waals surface area contributed by atoms with E-state index in [0.717, 1.165) is 10.7 Å². The first-order valence-electron chi connectivity index (χ1n) is 8.99. The van der Waals surface area contributed by atoms with Gasteiger partial charge in [0.1, 0.15) is 17.3 Å². The molecule has 2 aromatic carbocycles. The molecule has 0 unspecified atom stereocenters. The number of hydrogen-bond acceptors (Lipinski definition) is 6. The van der Waals surface area contributed by atoms with Crippen LogP contribution in [0.2, 0.25) is 5.02 Å². The number of aryl methyl sites for hydroxylation is 1. The van der Waals surface area contributed by atoms with Gasteiger partial charge < -0.3 is 14.2 Å². The Labute approximate surface area is 176 Å². The van der Waals surface area contributed by atoms with Crippen molar-refractivity contribution < 1.29 is 23.4 Å². The van der Waals surface area contributed by atoms with Gasteiger partial charge in [-0.25, -0.2) is 14.0 Å². The quantitative estimate of drug-likeness (QED) is 0.529. The van der Waals surface area contributed by atoms with Crippen molar-refractivity contribution in [1.29, 1.82) is 0 Å². The Kier molecular flexibility index (Phi) is 6.41. The van der Waals surface area contributed by atoms with Crippen molar-refractivity contribution in [3.05, 3.63) is 63.5 Å². The summed E-state index contributed by atoms with van der Waals surface area (Å²) in [4.78, 5) is 23.9. The molecule has 0 saturated heterocycles. The first-order valence-corrected chi connectivity index (χ1v) is 9.37. The van der Waals surface area contributed by atoms with E-state index in [2.05, 4.69) is 5.10 Å². The maximum Gasteiger partial charge on any atom is 0.350 e. The zero-order valence-corrected chi connectivity index (χ0v) is 17.3. The molecule has 0 atom stereocenters. The Morgan fingerprint density at radius 3 is 2.53 bits per heavy atom. The Morgan fingerprint density at radius 1 is 1.20 bits per heavy atom. The Morgan fingerprint density at radius 2 is 1.90 bits per heavy atom. The molecule has 0 aliphatic carbocycles. The molecule has 0 aliphatic rings.